The smallest absolute Gasteiger partial charge is 0.233 e. The predicted octanol–water partition coefficient (Wildman–Crippen LogP) is 3.66. The fourth-order valence-electron chi connectivity index (χ4n) is 3.88. The summed E-state index contributed by atoms with van der Waals surface area (Å²) in [6.07, 6.45) is 6.60. The van der Waals surface area contributed by atoms with E-state index in [0.717, 1.165) is 30.7 Å². The highest BCUT2D eigenvalue weighted by molar-refractivity contribution is 8.00. The summed E-state index contributed by atoms with van der Waals surface area (Å²) in [7, 11) is 1.67. The molecule has 0 radical (unpaired) electrons. The molecule has 8 heteroatoms. The fourth-order valence-corrected chi connectivity index (χ4v) is 4.76. The Morgan fingerprint density at radius 2 is 2.06 bits per heavy atom. The van der Waals surface area contributed by atoms with E-state index in [1.807, 2.05) is 29.7 Å². The van der Waals surface area contributed by atoms with Crippen molar-refractivity contribution in [3.05, 3.63) is 59.9 Å². The number of thioether (sulfide) groups is 1. The number of rotatable bonds is 8. The first-order valence-electron chi connectivity index (χ1n) is 10.5. The molecule has 2 heterocycles. The summed E-state index contributed by atoms with van der Waals surface area (Å²) in [5.41, 5.74) is 3.50. The van der Waals surface area contributed by atoms with Crippen LogP contribution >= 0.6 is 11.8 Å². The zero-order chi connectivity index (χ0) is 21.6. The van der Waals surface area contributed by atoms with Crippen LogP contribution in [0.5, 0.6) is 0 Å². The molecule has 2 atom stereocenters. The Labute approximate surface area is 186 Å². The molecule has 7 nitrogen and oxygen atoms in total. The normalized spacial score (nSPS) is 16.5. The number of carbonyl (C=O) groups excluding carboxylic acids is 1. The van der Waals surface area contributed by atoms with Crippen molar-refractivity contribution < 1.29 is 9.53 Å². The lowest BCUT2D eigenvalue weighted by Gasteiger charge is -2.27. The lowest BCUT2D eigenvalue weighted by atomic mass is 9.88. The Morgan fingerprint density at radius 1 is 1.26 bits per heavy atom. The summed E-state index contributed by atoms with van der Waals surface area (Å²) in [6, 6.07) is 12.3. The van der Waals surface area contributed by atoms with Crippen LogP contribution in [-0.2, 0) is 22.5 Å². The summed E-state index contributed by atoms with van der Waals surface area (Å²) in [5.74, 6) is 0.759. The molecule has 1 N–H and O–H groups in total. The minimum atomic E-state index is -0.301. The molecule has 0 fully saturated rings. The van der Waals surface area contributed by atoms with Crippen molar-refractivity contribution in [1.29, 1.82) is 0 Å². The first-order chi connectivity index (χ1) is 15.2. The van der Waals surface area contributed by atoms with E-state index in [-0.39, 0.29) is 17.2 Å². The van der Waals surface area contributed by atoms with Crippen molar-refractivity contribution in [2.75, 3.05) is 13.7 Å². The molecule has 1 aliphatic rings. The lowest BCUT2D eigenvalue weighted by Crippen LogP contribution is -2.36. The van der Waals surface area contributed by atoms with E-state index in [4.69, 9.17) is 4.74 Å². The molecule has 2 unspecified atom stereocenters. The number of fused-ring (bicyclic) bond motifs is 1. The quantitative estimate of drug-likeness (QED) is 0.542. The number of nitrogens with zero attached hydrogens (tertiary/aromatic N) is 4. The summed E-state index contributed by atoms with van der Waals surface area (Å²) in [4.78, 5) is 17.1. The lowest BCUT2D eigenvalue weighted by molar-refractivity contribution is -0.121. The van der Waals surface area contributed by atoms with Gasteiger partial charge in [-0.3, -0.25) is 14.3 Å². The van der Waals surface area contributed by atoms with Gasteiger partial charge in [0.15, 0.2) is 11.0 Å². The monoisotopic (exact) mass is 437 g/mol. The predicted molar refractivity (Wildman–Crippen MR) is 121 cm³/mol. The van der Waals surface area contributed by atoms with Crippen molar-refractivity contribution in [1.82, 2.24) is 25.1 Å². The molecule has 3 aromatic rings. The molecule has 1 aromatic carbocycles. The summed E-state index contributed by atoms with van der Waals surface area (Å²) in [5, 5.41) is 12.4. The Kier molecular flexibility index (Phi) is 6.99. The van der Waals surface area contributed by atoms with E-state index in [1.54, 1.807) is 19.5 Å². The van der Waals surface area contributed by atoms with Gasteiger partial charge in [0.05, 0.1) is 24.4 Å². The fraction of sp³-hybridized carbons (Fsp3) is 0.391. The van der Waals surface area contributed by atoms with E-state index < -0.39 is 0 Å². The molecular weight excluding hydrogens is 410 g/mol. The van der Waals surface area contributed by atoms with E-state index in [1.165, 1.54) is 22.9 Å². The van der Waals surface area contributed by atoms with E-state index in [2.05, 4.69) is 38.7 Å². The molecule has 31 heavy (non-hydrogen) atoms. The number of amides is 1. The molecule has 1 aliphatic carbocycles. The van der Waals surface area contributed by atoms with Crippen LogP contribution in [0.1, 0.15) is 36.9 Å². The van der Waals surface area contributed by atoms with Gasteiger partial charge in [0.25, 0.3) is 0 Å². The Hall–Kier alpha value is -2.71. The molecule has 2 aromatic heterocycles. The number of benzene rings is 1. The molecule has 0 spiro atoms. The molecule has 1 amide bonds. The largest absolute Gasteiger partial charge is 0.383 e. The van der Waals surface area contributed by atoms with Crippen LogP contribution in [0.3, 0.4) is 0 Å². The number of methoxy groups -OCH3 is 1. The maximum atomic E-state index is 13.0. The highest BCUT2D eigenvalue weighted by atomic mass is 32.2. The number of pyridine rings is 1. The van der Waals surface area contributed by atoms with Crippen molar-refractivity contribution in [3.63, 3.8) is 0 Å². The van der Waals surface area contributed by atoms with Crippen LogP contribution < -0.4 is 5.32 Å². The van der Waals surface area contributed by atoms with Gasteiger partial charge < -0.3 is 10.1 Å². The highest BCUT2D eigenvalue weighted by Crippen LogP contribution is 2.31. The van der Waals surface area contributed by atoms with E-state index >= 15 is 0 Å². The molecule has 0 bridgehead atoms. The second-order valence-electron chi connectivity index (χ2n) is 7.60. The van der Waals surface area contributed by atoms with E-state index in [0.29, 0.717) is 18.3 Å². The van der Waals surface area contributed by atoms with Crippen LogP contribution in [0.15, 0.2) is 53.9 Å². The van der Waals surface area contributed by atoms with Crippen LogP contribution in [0, 0.1) is 0 Å². The molecule has 0 saturated heterocycles. The molecule has 162 valence electrons. The highest BCUT2D eigenvalue weighted by Gasteiger charge is 2.25. The Bertz CT molecular complexity index is 1020. The Morgan fingerprint density at radius 3 is 2.87 bits per heavy atom. The second-order valence-corrected chi connectivity index (χ2v) is 8.91. The van der Waals surface area contributed by atoms with Gasteiger partial charge in [-0.05, 0) is 49.4 Å². The van der Waals surface area contributed by atoms with Gasteiger partial charge in [-0.1, -0.05) is 36.0 Å². The number of aromatic nitrogens is 4. The van der Waals surface area contributed by atoms with E-state index in [9.17, 15) is 4.79 Å². The SMILES string of the molecule is COCCn1c(SC(C)C(=O)NC2CCCc3ccccc32)nnc1-c1ccncc1. The standard InChI is InChI=1S/C23H27N5O2S/c1-16(22(29)25-20-9-5-7-17-6-3-4-8-19(17)20)31-23-27-26-21(28(23)14-15-30-2)18-10-12-24-13-11-18/h3-4,6,8,10-13,16,20H,5,7,9,14-15H2,1-2H3,(H,25,29). The van der Waals surface area contributed by atoms with Gasteiger partial charge in [-0.25, -0.2) is 0 Å². The van der Waals surface area contributed by atoms with Gasteiger partial charge >= 0.3 is 0 Å². The van der Waals surface area contributed by atoms with Crippen LogP contribution in [-0.4, -0.2) is 44.6 Å². The summed E-state index contributed by atoms with van der Waals surface area (Å²) < 4.78 is 7.27. The first-order valence-corrected chi connectivity index (χ1v) is 11.4. The third-order valence-electron chi connectivity index (χ3n) is 5.51. The molecule has 0 aliphatic heterocycles. The number of hydrogen-bond acceptors (Lipinski definition) is 6. The third-order valence-corrected chi connectivity index (χ3v) is 6.59. The molecule has 0 saturated carbocycles. The first kappa shape index (κ1) is 21.5. The summed E-state index contributed by atoms with van der Waals surface area (Å²) >= 11 is 1.42. The van der Waals surface area contributed by atoms with Crippen LogP contribution in [0.25, 0.3) is 11.4 Å². The maximum absolute atomic E-state index is 13.0. The van der Waals surface area contributed by atoms with Gasteiger partial charge in [0, 0.05) is 25.1 Å². The maximum Gasteiger partial charge on any atom is 0.233 e. The number of hydrogen-bond donors (Lipinski definition) is 1. The van der Waals surface area contributed by atoms with Crippen molar-refractivity contribution in [3.8, 4) is 11.4 Å². The number of aryl methyl sites for hydroxylation is 1. The van der Waals surface area contributed by atoms with Gasteiger partial charge in [-0.15, -0.1) is 10.2 Å². The summed E-state index contributed by atoms with van der Waals surface area (Å²) in [6.45, 7) is 3.05. The van der Waals surface area contributed by atoms with Gasteiger partial charge in [-0.2, -0.15) is 0 Å². The molecule has 4 rings (SSSR count). The minimum absolute atomic E-state index is 0.0125. The second kappa shape index (κ2) is 10.1. The van der Waals surface area contributed by atoms with Crippen molar-refractivity contribution in [2.45, 2.75) is 49.2 Å². The van der Waals surface area contributed by atoms with Crippen molar-refractivity contribution >= 4 is 17.7 Å². The third kappa shape index (κ3) is 4.97. The topological polar surface area (TPSA) is 81.9 Å². The molecular formula is C23H27N5O2S. The zero-order valence-corrected chi connectivity index (χ0v) is 18.6. The van der Waals surface area contributed by atoms with Gasteiger partial charge in [0.2, 0.25) is 5.91 Å². The number of ether oxygens (including phenoxy) is 1. The number of carbonyl (C=O) groups is 1. The Balaban J connectivity index is 1.49. The minimum Gasteiger partial charge on any atom is -0.383 e. The average Bonchev–Trinajstić information content (AvgIpc) is 3.20. The van der Waals surface area contributed by atoms with Crippen molar-refractivity contribution in [2.24, 2.45) is 0 Å². The van der Waals surface area contributed by atoms with Crippen LogP contribution in [0.4, 0.5) is 0 Å². The van der Waals surface area contributed by atoms with Gasteiger partial charge in [0.1, 0.15) is 0 Å². The number of nitrogens with one attached hydrogen (secondary N) is 1. The van der Waals surface area contributed by atoms with Crippen LogP contribution in [0.2, 0.25) is 0 Å². The average molecular weight is 438 g/mol. The zero-order valence-electron chi connectivity index (χ0n) is 17.8.